The standard InChI is InChI=1S/C19H24N4O4S3/c1-21(2)29(24,25)18-10-6-7-16(15-18)20-19(28)22-11-13-23(14-12-22)30(26,27)17-8-4-3-5-9-17/h3-10,15H,11-14H2,1-2H3,(H,20,28). The summed E-state index contributed by atoms with van der Waals surface area (Å²) in [5, 5.41) is 3.48. The normalized spacial score (nSPS) is 15.9. The van der Waals surface area contributed by atoms with E-state index < -0.39 is 20.0 Å². The van der Waals surface area contributed by atoms with E-state index in [1.165, 1.54) is 30.5 Å². The largest absolute Gasteiger partial charge is 0.346 e. The first kappa shape index (κ1) is 22.6. The number of piperazine rings is 1. The van der Waals surface area contributed by atoms with Crippen molar-refractivity contribution in [2.24, 2.45) is 0 Å². The van der Waals surface area contributed by atoms with Crippen molar-refractivity contribution in [3.8, 4) is 0 Å². The molecule has 1 aliphatic rings. The molecule has 1 saturated heterocycles. The molecular formula is C19H24N4O4S3. The van der Waals surface area contributed by atoms with Crippen molar-refractivity contribution in [2.75, 3.05) is 45.6 Å². The molecule has 1 heterocycles. The molecule has 0 radical (unpaired) electrons. The minimum Gasteiger partial charge on any atom is -0.346 e. The van der Waals surface area contributed by atoms with Crippen LogP contribution in [0.2, 0.25) is 0 Å². The molecule has 1 N–H and O–H groups in total. The lowest BCUT2D eigenvalue weighted by molar-refractivity contribution is 0.268. The molecule has 0 unspecified atom stereocenters. The minimum atomic E-state index is -3.55. The van der Waals surface area contributed by atoms with E-state index in [1.807, 2.05) is 4.90 Å². The molecule has 0 atom stereocenters. The second-order valence-electron chi connectivity index (χ2n) is 6.95. The van der Waals surface area contributed by atoms with E-state index >= 15 is 0 Å². The van der Waals surface area contributed by atoms with Crippen LogP contribution in [0.4, 0.5) is 5.69 Å². The Balaban J connectivity index is 1.64. The van der Waals surface area contributed by atoms with Gasteiger partial charge in [-0.25, -0.2) is 21.1 Å². The van der Waals surface area contributed by atoms with Gasteiger partial charge in [-0.2, -0.15) is 4.31 Å². The Labute approximate surface area is 183 Å². The van der Waals surface area contributed by atoms with Crippen molar-refractivity contribution in [3.63, 3.8) is 0 Å². The van der Waals surface area contributed by atoms with E-state index in [9.17, 15) is 16.8 Å². The quantitative estimate of drug-likeness (QED) is 0.667. The van der Waals surface area contributed by atoms with Gasteiger partial charge in [0.2, 0.25) is 20.0 Å². The first-order valence-corrected chi connectivity index (χ1v) is 12.5. The van der Waals surface area contributed by atoms with Gasteiger partial charge in [0.15, 0.2) is 5.11 Å². The molecule has 0 aromatic heterocycles. The van der Waals surface area contributed by atoms with E-state index in [4.69, 9.17) is 12.2 Å². The summed E-state index contributed by atoms with van der Waals surface area (Å²) < 4.78 is 52.7. The van der Waals surface area contributed by atoms with Gasteiger partial charge in [0.1, 0.15) is 0 Å². The van der Waals surface area contributed by atoms with E-state index in [1.54, 1.807) is 42.5 Å². The zero-order valence-electron chi connectivity index (χ0n) is 16.7. The second kappa shape index (κ2) is 8.98. The molecule has 2 aromatic carbocycles. The molecule has 11 heteroatoms. The zero-order chi connectivity index (χ0) is 21.9. The molecule has 0 aliphatic carbocycles. The number of anilines is 1. The van der Waals surface area contributed by atoms with E-state index in [2.05, 4.69) is 5.32 Å². The Bertz CT molecular complexity index is 1110. The van der Waals surface area contributed by atoms with Crippen LogP contribution in [0.3, 0.4) is 0 Å². The number of thiocarbonyl (C=S) groups is 1. The van der Waals surface area contributed by atoms with Crippen molar-refractivity contribution in [2.45, 2.75) is 9.79 Å². The average molecular weight is 469 g/mol. The van der Waals surface area contributed by atoms with Crippen molar-refractivity contribution >= 4 is 43.1 Å². The highest BCUT2D eigenvalue weighted by atomic mass is 32.2. The summed E-state index contributed by atoms with van der Waals surface area (Å²) in [6.07, 6.45) is 0. The van der Waals surface area contributed by atoms with Crippen LogP contribution in [-0.4, -0.2) is 75.7 Å². The molecule has 30 heavy (non-hydrogen) atoms. The first-order valence-electron chi connectivity index (χ1n) is 9.26. The molecule has 0 bridgehead atoms. The van der Waals surface area contributed by atoms with Gasteiger partial charge in [-0.1, -0.05) is 24.3 Å². The smallest absolute Gasteiger partial charge is 0.243 e. The van der Waals surface area contributed by atoms with Crippen LogP contribution in [0, 0.1) is 0 Å². The summed E-state index contributed by atoms with van der Waals surface area (Å²) in [7, 11) is -4.13. The first-order chi connectivity index (χ1) is 14.1. The van der Waals surface area contributed by atoms with Gasteiger partial charge in [0.25, 0.3) is 0 Å². The third kappa shape index (κ3) is 4.81. The summed E-state index contributed by atoms with van der Waals surface area (Å²) in [6, 6.07) is 14.8. The molecule has 8 nitrogen and oxygen atoms in total. The second-order valence-corrected chi connectivity index (χ2v) is 11.4. The molecule has 1 aliphatic heterocycles. The number of nitrogens with zero attached hydrogens (tertiary/aromatic N) is 3. The number of hydrogen-bond acceptors (Lipinski definition) is 5. The maximum Gasteiger partial charge on any atom is 0.243 e. The number of benzene rings is 2. The molecule has 3 rings (SSSR count). The maximum absolute atomic E-state index is 12.7. The van der Waals surface area contributed by atoms with Crippen LogP contribution in [0.15, 0.2) is 64.4 Å². The molecular weight excluding hydrogens is 444 g/mol. The molecule has 0 amide bonds. The average Bonchev–Trinajstić information content (AvgIpc) is 2.74. The van der Waals surface area contributed by atoms with E-state index in [0.717, 1.165) is 4.31 Å². The van der Waals surface area contributed by atoms with Gasteiger partial charge in [0.05, 0.1) is 9.79 Å². The Morgan fingerprint density at radius 2 is 1.50 bits per heavy atom. The highest BCUT2D eigenvalue weighted by Crippen LogP contribution is 2.20. The van der Waals surface area contributed by atoms with Crippen LogP contribution in [0.5, 0.6) is 0 Å². The molecule has 2 aromatic rings. The van der Waals surface area contributed by atoms with Crippen molar-refractivity contribution in [1.82, 2.24) is 13.5 Å². The third-order valence-electron chi connectivity index (χ3n) is 4.77. The fourth-order valence-electron chi connectivity index (χ4n) is 3.02. The summed E-state index contributed by atoms with van der Waals surface area (Å²) in [5.74, 6) is 0. The predicted molar refractivity (Wildman–Crippen MR) is 120 cm³/mol. The molecule has 0 spiro atoms. The van der Waals surface area contributed by atoms with Crippen molar-refractivity contribution < 1.29 is 16.8 Å². The summed E-state index contributed by atoms with van der Waals surface area (Å²) in [5.41, 5.74) is 0.558. The lowest BCUT2D eigenvalue weighted by Gasteiger charge is -2.35. The lowest BCUT2D eigenvalue weighted by Crippen LogP contribution is -2.51. The monoisotopic (exact) mass is 468 g/mol. The Hall–Kier alpha value is -2.05. The van der Waals surface area contributed by atoms with Gasteiger partial charge in [0, 0.05) is 46.0 Å². The zero-order valence-corrected chi connectivity index (χ0v) is 19.2. The van der Waals surface area contributed by atoms with E-state index in [0.29, 0.717) is 37.0 Å². The van der Waals surface area contributed by atoms with Crippen molar-refractivity contribution in [3.05, 3.63) is 54.6 Å². The third-order valence-corrected chi connectivity index (χ3v) is 8.85. The highest BCUT2D eigenvalue weighted by Gasteiger charge is 2.29. The highest BCUT2D eigenvalue weighted by molar-refractivity contribution is 7.89. The Kier molecular flexibility index (Phi) is 6.78. The minimum absolute atomic E-state index is 0.166. The topological polar surface area (TPSA) is 90.0 Å². The Morgan fingerprint density at radius 3 is 2.10 bits per heavy atom. The van der Waals surface area contributed by atoms with Gasteiger partial charge in [-0.15, -0.1) is 0 Å². The van der Waals surface area contributed by atoms with Crippen LogP contribution < -0.4 is 5.32 Å². The number of nitrogens with one attached hydrogen (secondary N) is 1. The predicted octanol–water partition coefficient (Wildman–Crippen LogP) is 1.64. The Morgan fingerprint density at radius 1 is 0.900 bits per heavy atom. The van der Waals surface area contributed by atoms with Crippen molar-refractivity contribution in [1.29, 1.82) is 0 Å². The van der Waals surface area contributed by atoms with Crippen LogP contribution in [-0.2, 0) is 20.0 Å². The fourth-order valence-corrected chi connectivity index (χ4v) is 5.71. The number of sulfonamides is 2. The van der Waals surface area contributed by atoms with Crippen LogP contribution in [0.1, 0.15) is 0 Å². The van der Waals surface area contributed by atoms with Crippen LogP contribution in [0.25, 0.3) is 0 Å². The fraction of sp³-hybridized carbons (Fsp3) is 0.316. The van der Waals surface area contributed by atoms with Gasteiger partial charge in [-0.3, -0.25) is 0 Å². The maximum atomic E-state index is 12.7. The molecule has 0 saturated carbocycles. The summed E-state index contributed by atoms with van der Waals surface area (Å²) in [6.45, 7) is 1.50. The number of hydrogen-bond donors (Lipinski definition) is 1. The van der Waals surface area contributed by atoms with Gasteiger partial charge < -0.3 is 10.2 Å². The van der Waals surface area contributed by atoms with Crippen LogP contribution >= 0.6 is 12.2 Å². The number of rotatable bonds is 5. The SMILES string of the molecule is CN(C)S(=O)(=O)c1cccc(NC(=S)N2CCN(S(=O)(=O)c3ccccc3)CC2)c1. The molecule has 162 valence electrons. The van der Waals surface area contributed by atoms with Gasteiger partial charge in [-0.05, 0) is 42.5 Å². The summed E-state index contributed by atoms with van der Waals surface area (Å²) in [4.78, 5) is 2.32. The van der Waals surface area contributed by atoms with E-state index in [-0.39, 0.29) is 9.79 Å². The molecule has 1 fully saturated rings. The summed E-state index contributed by atoms with van der Waals surface area (Å²) >= 11 is 5.46. The van der Waals surface area contributed by atoms with Gasteiger partial charge >= 0.3 is 0 Å². The lowest BCUT2D eigenvalue weighted by atomic mass is 10.3.